The first kappa shape index (κ1) is 10.6. The standard InChI is InChI=1S/C4H8N2O.C4H7NO2/c1-6-3-2-5-4(6)7;1-5-2-3-7-4(5)6/h2-3H2,1H3,(H,5,7);2-3H2,1H3. The predicted molar refractivity (Wildman–Crippen MR) is 50.0 cm³/mol. The Morgan fingerprint density at radius 3 is 2.07 bits per heavy atom. The molecule has 1 N–H and O–H groups in total. The summed E-state index contributed by atoms with van der Waals surface area (Å²) in [7, 11) is 3.50. The first-order valence-electron chi connectivity index (χ1n) is 4.48. The van der Waals surface area contributed by atoms with E-state index in [2.05, 4.69) is 10.1 Å². The van der Waals surface area contributed by atoms with Gasteiger partial charge >= 0.3 is 12.1 Å². The molecule has 3 amide bonds. The van der Waals surface area contributed by atoms with Crippen LogP contribution in [0.25, 0.3) is 0 Å². The lowest BCUT2D eigenvalue weighted by Gasteiger charge is -2.01. The molecular formula is C8H15N3O3. The maximum Gasteiger partial charge on any atom is 0.409 e. The first-order valence-corrected chi connectivity index (χ1v) is 4.48. The second-order valence-corrected chi connectivity index (χ2v) is 3.19. The highest BCUT2D eigenvalue weighted by molar-refractivity contribution is 5.75. The lowest BCUT2D eigenvalue weighted by atomic mass is 10.7. The molecule has 0 aliphatic carbocycles. The summed E-state index contributed by atoms with van der Waals surface area (Å²) in [6, 6.07) is 0.0417. The van der Waals surface area contributed by atoms with E-state index in [-0.39, 0.29) is 12.1 Å². The molecule has 6 heteroatoms. The summed E-state index contributed by atoms with van der Waals surface area (Å²) in [6.07, 6.45) is -0.208. The summed E-state index contributed by atoms with van der Waals surface area (Å²) in [5, 5.41) is 2.66. The van der Waals surface area contributed by atoms with Gasteiger partial charge < -0.3 is 19.9 Å². The third-order valence-corrected chi connectivity index (χ3v) is 2.03. The first-order chi connectivity index (χ1) is 6.61. The highest BCUT2D eigenvalue weighted by atomic mass is 16.6. The number of hydrogen-bond donors (Lipinski definition) is 1. The number of carbonyl (C=O) groups is 2. The van der Waals surface area contributed by atoms with Crippen molar-refractivity contribution in [3.05, 3.63) is 0 Å². The van der Waals surface area contributed by atoms with E-state index in [1.807, 2.05) is 0 Å². The second kappa shape index (κ2) is 4.69. The molecule has 2 heterocycles. The van der Waals surface area contributed by atoms with Crippen LogP contribution in [0.5, 0.6) is 0 Å². The van der Waals surface area contributed by atoms with Crippen molar-refractivity contribution in [2.45, 2.75) is 0 Å². The molecule has 0 aromatic heterocycles. The Kier molecular flexibility index (Phi) is 3.55. The molecule has 80 valence electrons. The van der Waals surface area contributed by atoms with Gasteiger partial charge in [0.05, 0.1) is 6.54 Å². The van der Waals surface area contributed by atoms with Crippen LogP contribution >= 0.6 is 0 Å². The molecule has 14 heavy (non-hydrogen) atoms. The second-order valence-electron chi connectivity index (χ2n) is 3.19. The predicted octanol–water partition coefficient (Wildman–Crippen LogP) is -0.290. The number of hydrogen-bond acceptors (Lipinski definition) is 3. The van der Waals surface area contributed by atoms with Crippen molar-refractivity contribution in [1.82, 2.24) is 15.1 Å². The van der Waals surface area contributed by atoms with Gasteiger partial charge in [0, 0.05) is 27.2 Å². The number of ether oxygens (including phenoxy) is 1. The molecule has 0 radical (unpaired) electrons. The Morgan fingerprint density at radius 2 is 1.93 bits per heavy atom. The van der Waals surface area contributed by atoms with Gasteiger partial charge in [-0.05, 0) is 0 Å². The summed E-state index contributed by atoms with van der Waals surface area (Å²) < 4.78 is 4.55. The zero-order valence-corrected chi connectivity index (χ0v) is 8.45. The number of carbonyl (C=O) groups excluding carboxylic acids is 2. The Bertz CT molecular complexity index is 208. The van der Waals surface area contributed by atoms with Gasteiger partial charge in [0.2, 0.25) is 0 Å². The number of nitrogens with zero attached hydrogens (tertiary/aromatic N) is 2. The summed E-state index contributed by atoms with van der Waals surface area (Å²) in [5.74, 6) is 0. The van der Waals surface area contributed by atoms with Crippen LogP contribution in [0, 0.1) is 0 Å². The van der Waals surface area contributed by atoms with E-state index < -0.39 is 0 Å². The average molecular weight is 201 g/mol. The van der Waals surface area contributed by atoms with Crippen LogP contribution < -0.4 is 5.32 Å². The molecule has 0 unspecified atom stereocenters. The summed E-state index contributed by atoms with van der Waals surface area (Å²) in [6.45, 7) is 2.93. The zero-order chi connectivity index (χ0) is 10.6. The van der Waals surface area contributed by atoms with Gasteiger partial charge in [-0.1, -0.05) is 0 Å². The van der Waals surface area contributed by atoms with Gasteiger partial charge in [-0.3, -0.25) is 0 Å². The number of cyclic esters (lactones) is 1. The van der Waals surface area contributed by atoms with Crippen molar-refractivity contribution in [3.8, 4) is 0 Å². The van der Waals surface area contributed by atoms with Gasteiger partial charge in [-0.15, -0.1) is 0 Å². The Balaban J connectivity index is 0.000000140. The van der Waals surface area contributed by atoms with Gasteiger partial charge in [-0.2, -0.15) is 0 Å². The number of rotatable bonds is 0. The highest BCUT2D eigenvalue weighted by Crippen LogP contribution is 1.96. The van der Waals surface area contributed by atoms with Gasteiger partial charge in [0.15, 0.2) is 0 Å². The molecule has 2 aliphatic heterocycles. The topological polar surface area (TPSA) is 61.9 Å². The average Bonchev–Trinajstić information content (AvgIpc) is 2.67. The minimum Gasteiger partial charge on any atom is -0.448 e. The van der Waals surface area contributed by atoms with Gasteiger partial charge in [0.25, 0.3) is 0 Å². The molecule has 0 bridgehead atoms. The fourth-order valence-corrected chi connectivity index (χ4v) is 1.04. The molecule has 0 spiro atoms. The molecule has 2 rings (SSSR count). The van der Waals surface area contributed by atoms with Crippen molar-refractivity contribution < 1.29 is 14.3 Å². The van der Waals surface area contributed by atoms with E-state index in [1.165, 1.54) is 0 Å². The highest BCUT2D eigenvalue weighted by Gasteiger charge is 2.15. The molecule has 2 aliphatic rings. The number of likely N-dealkylation sites (N-methyl/N-ethyl adjacent to an activating group) is 2. The van der Waals surface area contributed by atoms with Crippen molar-refractivity contribution in [3.63, 3.8) is 0 Å². The van der Waals surface area contributed by atoms with Crippen molar-refractivity contribution >= 4 is 12.1 Å². The third kappa shape index (κ3) is 2.79. The van der Waals surface area contributed by atoms with Crippen LogP contribution in [0.3, 0.4) is 0 Å². The van der Waals surface area contributed by atoms with E-state index in [9.17, 15) is 9.59 Å². The lowest BCUT2D eigenvalue weighted by Crippen LogP contribution is -2.23. The van der Waals surface area contributed by atoms with Crippen molar-refractivity contribution in [2.24, 2.45) is 0 Å². The normalized spacial score (nSPS) is 20.1. The van der Waals surface area contributed by atoms with E-state index in [0.717, 1.165) is 19.6 Å². The van der Waals surface area contributed by atoms with E-state index >= 15 is 0 Å². The molecule has 0 saturated carbocycles. The fraction of sp³-hybridized carbons (Fsp3) is 0.750. The molecule has 0 aromatic carbocycles. The van der Waals surface area contributed by atoms with E-state index in [4.69, 9.17) is 0 Å². The summed E-state index contributed by atoms with van der Waals surface area (Å²) >= 11 is 0. The lowest BCUT2D eigenvalue weighted by molar-refractivity contribution is 0.163. The number of amides is 3. The third-order valence-electron chi connectivity index (χ3n) is 2.03. The summed E-state index contributed by atoms with van der Waals surface area (Å²) in [5.41, 5.74) is 0. The number of nitrogens with one attached hydrogen (secondary N) is 1. The maximum absolute atomic E-state index is 10.4. The van der Waals surface area contributed by atoms with Crippen LogP contribution in [-0.4, -0.2) is 62.3 Å². The quantitative estimate of drug-likeness (QED) is 0.586. The Hall–Kier alpha value is -1.46. The molecule has 2 fully saturated rings. The van der Waals surface area contributed by atoms with Crippen LogP contribution in [-0.2, 0) is 4.74 Å². The van der Waals surface area contributed by atoms with Crippen molar-refractivity contribution in [2.75, 3.05) is 40.3 Å². The van der Waals surface area contributed by atoms with E-state index in [1.54, 1.807) is 23.9 Å². The molecule has 2 saturated heterocycles. The van der Waals surface area contributed by atoms with E-state index in [0.29, 0.717) is 6.61 Å². The fourth-order valence-electron chi connectivity index (χ4n) is 1.04. The zero-order valence-electron chi connectivity index (χ0n) is 8.45. The van der Waals surface area contributed by atoms with Gasteiger partial charge in [0.1, 0.15) is 6.61 Å². The minimum atomic E-state index is -0.208. The monoisotopic (exact) mass is 201 g/mol. The Labute approximate surface area is 82.8 Å². The van der Waals surface area contributed by atoms with Crippen LogP contribution in [0.1, 0.15) is 0 Å². The van der Waals surface area contributed by atoms with Crippen LogP contribution in [0.2, 0.25) is 0 Å². The SMILES string of the molecule is CN1CCNC1=O.CN1CCOC1=O. The smallest absolute Gasteiger partial charge is 0.409 e. The van der Waals surface area contributed by atoms with Crippen LogP contribution in [0.4, 0.5) is 9.59 Å². The number of urea groups is 1. The minimum absolute atomic E-state index is 0.0417. The molecule has 6 nitrogen and oxygen atoms in total. The van der Waals surface area contributed by atoms with Crippen LogP contribution in [0.15, 0.2) is 0 Å². The molecular weight excluding hydrogens is 186 g/mol. The van der Waals surface area contributed by atoms with Crippen molar-refractivity contribution in [1.29, 1.82) is 0 Å². The maximum atomic E-state index is 10.4. The van der Waals surface area contributed by atoms with Gasteiger partial charge in [-0.25, -0.2) is 9.59 Å². The summed E-state index contributed by atoms with van der Waals surface area (Å²) in [4.78, 5) is 23.9. The largest absolute Gasteiger partial charge is 0.448 e. The molecule has 0 atom stereocenters. The Morgan fingerprint density at radius 1 is 1.21 bits per heavy atom. The molecule has 0 aromatic rings.